The van der Waals surface area contributed by atoms with Gasteiger partial charge in [-0.2, -0.15) is 0 Å². The van der Waals surface area contributed by atoms with Crippen LogP contribution in [0.25, 0.3) is 0 Å². The second-order valence-electron chi connectivity index (χ2n) is 2.74. The SMILES string of the molecule is NS(=O)(=O)c1ccc(CF)cc1[N+](=O)[O-]. The first-order valence-electron chi connectivity index (χ1n) is 3.72. The van der Waals surface area contributed by atoms with Crippen LogP contribution in [0.5, 0.6) is 0 Å². The van der Waals surface area contributed by atoms with E-state index in [0.29, 0.717) is 0 Å². The number of hydrogen-bond acceptors (Lipinski definition) is 4. The minimum Gasteiger partial charge on any atom is -0.258 e. The molecule has 0 amide bonds. The fraction of sp³-hybridized carbons (Fsp3) is 0.143. The molecule has 0 atom stereocenters. The molecular formula is C7H7FN2O4S. The summed E-state index contributed by atoms with van der Waals surface area (Å²) in [5.74, 6) is 0. The van der Waals surface area contributed by atoms with Crippen LogP contribution in [-0.4, -0.2) is 13.3 Å². The lowest BCUT2D eigenvalue weighted by molar-refractivity contribution is -0.387. The third-order valence-electron chi connectivity index (χ3n) is 1.68. The molecule has 1 aromatic rings. The first kappa shape index (κ1) is 11.5. The standard InChI is InChI=1S/C7H7FN2O4S/c8-4-5-1-2-7(15(9,13)14)6(3-5)10(11)12/h1-3H,4H2,(H2,9,13,14). The number of halogens is 1. The number of nitro benzene ring substituents is 1. The van der Waals surface area contributed by atoms with E-state index in [9.17, 15) is 22.9 Å². The molecule has 6 nitrogen and oxygen atoms in total. The number of nitrogens with zero attached hydrogens (tertiary/aromatic N) is 1. The van der Waals surface area contributed by atoms with Gasteiger partial charge < -0.3 is 0 Å². The molecule has 0 bridgehead atoms. The number of sulfonamides is 1. The molecule has 0 fully saturated rings. The zero-order chi connectivity index (χ0) is 11.6. The molecule has 0 aliphatic carbocycles. The summed E-state index contributed by atoms with van der Waals surface area (Å²) in [6, 6.07) is 2.90. The summed E-state index contributed by atoms with van der Waals surface area (Å²) in [7, 11) is -4.17. The van der Waals surface area contributed by atoms with Gasteiger partial charge in [-0.05, 0) is 11.6 Å². The lowest BCUT2D eigenvalue weighted by Gasteiger charge is -2.01. The molecule has 0 spiro atoms. The zero-order valence-electron chi connectivity index (χ0n) is 7.38. The third kappa shape index (κ3) is 2.48. The van der Waals surface area contributed by atoms with E-state index < -0.39 is 32.2 Å². The number of rotatable bonds is 3. The molecule has 0 heterocycles. The lowest BCUT2D eigenvalue weighted by atomic mass is 10.2. The topological polar surface area (TPSA) is 103 Å². The minimum absolute atomic E-state index is 0.0223. The second kappa shape index (κ2) is 3.91. The molecule has 8 heteroatoms. The first-order valence-corrected chi connectivity index (χ1v) is 5.27. The van der Waals surface area contributed by atoms with Gasteiger partial charge in [0.2, 0.25) is 10.0 Å². The van der Waals surface area contributed by atoms with Crippen molar-refractivity contribution in [2.45, 2.75) is 11.6 Å². The number of hydrogen-bond donors (Lipinski definition) is 1. The highest BCUT2D eigenvalue weighted by Gasteiger charge is 2.22. The summed E-state index contributed by atoms with van der Waals surface area (Å²) in [4.78, 5) is 8.96. The molecule has 82 valence electrons. The van der Waals surface area contributed by atoms with Gasteiger partial charge in [-0.1, -0.05) is 6.07 Å². The monoisotopic (exact) mass is 234 g/mol. The quantitative estimate of drug-likeness (QED) is 0.614. The number of nitro groups is 1. The van der Waals surface area contributed by atoms with Crippen molar-refractivity contribution in [2.24, 2.45) is 5.14 Å². The van der Waals surface area contributed by atoms with E-state index in [0.717, 1.165) is 18.2 Å². The Balaban J connectivity index is 3.48. The number of benzene rings is 1. The molecule has 0 radical (unpaired) electrons. The van der Waals surface area contributed by atoms with E-state index in [1.54, 1.807) is 0 Å². The van der Waals surface area contributed by atoms with Gasteiger partial charge in [0.15, 0.2) is 4.90 Å². The average molecular weight is 234 g/mol. The molecule has 1 aromatic carbocycles. The van der Waals surface area contributed by atoms with Gasteiger partial charge in [0.1, 0.15) is 6.67 Å². The molecule has 0 unspecified atom stereocenters. The second-order valence-corrected chi connectivity index (χ2v) is 4.27. The molecular weight excluding hydrogens is 227 g/mol. The van der Waals surface area contributed by atoms with Crippen LogP contribution >= 0.6 is 0 Å². The van der Waals surface area contributed by atoms with Crippen LogP contribution in [0.4, 0.5) is 10.1 Å². The van der Waals surface area contributed by atoms with E-state index in [1.807, 2.05) is 0 Å². The van der Waals surface area contributed by atoms with E-state index in [4.69, 9.17) is 5.14 Å². The normalized spacial score (nSPS) is 11.3. The molecule has 0 aliphatic rings. The Bertz CT molecular complexity index is 500. The van der Waals surface area contributed by atoms with Crippen molar-refractivity contribution in [2.75, 3.05) is 0 Å². The van der Waals surface area contributed by atoms with Crippen molar-refractivity contribution in [1.82, 2.24) is 0 Å². The summed E-state index contributed by atoms with van der Waals surface area (Å²) in [5, 5.41) is 15.3. The largest absolute Gasteiger partial charge is 0.289 e. The Morgan fingerprint density at radius 3 is 2.47 bits per heavy atom. The van der Waals surface area contributed by atoms with Crippen molar-refractivity contribution < 1.29 is 17.7 Å². The summed E-state index contributed by atoms with van der Waals surface area (Å²) >= 11 is 0. The highest BCUT2D eigenvalue weighted by molar-refractivity contribution is 7.89. The minimum atomic E-state index is -4.17. The van der Waals surface area contributed by atoms with Crippen molar-refractivity contribution in [3.8, 4) is 0 Å². The highest BCUT2D eigenvalue weighted by atomic mass is 32.2. The van der Waals surface area contributed by atoms with Gasteiger partial charge in [-0.3, -0.25) is 10.1 Å². The summed E-state index contributed by atoms with van der Waals surface area (Å²) < 4.78 is 34.1. The molecule has 0 aromatic heterocycles. The maximum absolute atomic E-state index is 12.2. The van der Waals surface area contributed by atoms with Gasteiger partial charge >= 0.3 is 0 Å². The lowest BCUT2D eigenvalue weighted by Crippen LogP contribution is -2.14. The third-order valence-corrected chi connectivity index (χ3v) is 2.64. The fourth-order valence-corrected chi connectivity index (χ4v) is 1.71. The average Bonchev–Trinajstić information content (AvgIpc) is 2.15. The van der Waals surface area contributed by atoms with Crippen molar-refractivity contribution in [3.63, 3.8) is 0 Å². The summed E-state index contributed by atoms with van der Waals surface area (Å²) in [5.41, 5.74) is -0.693. The maximum atomic E-state index is 12.2. The number of primary sulfonamides is 1. The van der Waals surface area contributed by atoms with Crippen LogP contribution in [0.15, 0.2) is 23.1 Å². The molecule has 0 saturated carbocycles. The van der Waals surface area contributed by atoms with Crippen LogP contribution in [0.3, 0.4) is 0 Å². The van der Waals surface area contributed by atoms with E-state index in [2.05, 4.69) is 0 Å². The van der Waals surface area contributed by atoms with Gasteiger partial charge in [0.05, 0.1) is 4.92 Å². The fourth-order valence-electron chi connectivity index (χ4n) is 1.03. The van der Waals surface area contributed by atoms with Gasteiger partial charge in [-0.15, -0.1) is 0 Å². The van der Waals surface area contributed by atoms with Crippen LogP contribution < -0.4 is 5.14 Å². The van der Waals surface area contributed by atoms with Crippen LogP contribution in [0.1, 0.15) is 5.56 Å². The number of alkyl halides is 1. The van der Waals surface area contributed by atoms with Crippen molar-refractivity contribution >= 4 is 15.7 Å². The van der Waals surface area contributed by atoms with Crippen molar-refractivity contribution in [3.05, 3.63) is 33.9 Å². The number of nitrogens with two attached hydrogens (primary N) is 1. The van der Waals surface area contributed by atoms with Crippen LogP contribution in [0, 0.1) is 10.1 Å². The van der Waals surface area contributed by atoms with Crippen LogP contribution in [0.2, 0.25) is 0 Å². The van der Waals surface area contributed by atoms with Gasteiger partial charge in [0.25, 0.3) is 5.69 Å². The summed E-state index contributed by atoms with van der Waals surface area (Å²) in [6.45, 7) is -0.911. The van der Waals surface area contributed by atoms with Crippen LogP contribution in [-0.2, 0) is 16.7 Å². The highest BCUT2D eigenvalue weighted by Crippen LogP contribution is 2.24. The predicted molar refractivity (Wildman–Crippen MR) is 49.3 cm³/mol. The maximum Gasteiger partial charge on any atom is 0.289 e. The molecule has 0 aliphatic heterocycles. The molecule has 2 N–H and O–H groups in total. The molecule has 15 heavy (non-hydrogen) atoms. The van der Waals surface area contributed by atoms with Gasteiger partial charge in [0, 0.05) is 6.07 Å². The Hall–Kier alpha value is -1.54. The predicted octanol–water partition coefficient (Wildman–Crippen LogP) is 0.712. The van der Waals surface area contributed by atoms with E-state index >= 15 is 0 Å². The summed E-state index contributed by atoms with van der Waals surface area (Å²) in [6.07, 6.45) is 0. The van der Waals surface area contributed by atoms with E-state index in [1.165, 1.54) is 0 Å². The van der Waals surface area contributed by atoms with Gasteiger partial charge in [-0.25, -0.2) is 17.9 Å². The Kier molecular flexibility index (Phi) is 3.01. The smallest absolute Gasteiger partial charge is 0.258 e. The Labute approximate surface area is 84.7 Å². The zero-order valence-corrected chi connectivity index (χ0v) is 8.20. The van der Waals surface area contributed by atoms with E-state index in [-0.39, 0.29) is 5.56 Å². The molecule has 1 rings (SSSR count). The molecule has 0 saturated heterocycles. The Morgan fingerprint density at radius 2 is 2.07 bits per heavy atom. The Morgan fingerprint density at radius 1 is 1.47 bits per heavy atom. The van der Waals surface area contributed by atoms with Crippen molar-refractivity contribution in [1.29, 1.82) is 0 Å². The first-order chi connectivity index (χ1) is 6.86.